The molecule has 1 atom stereocenters. The summed E-state index contributed by atoms with van der Waals surface area (Å²) in [6, 6.07) is 11.8. The van der Waals surface area contributed by atoms with Crippen molar-refractivity contribution in [2.24, 2.45) is 0 Å². The van der Waals surface area contributed by atoms with Gasteiger partial charge in [0.1, 0.15) is 17.9 Å². The SMILES string of the molecule is CCOC(=O)[C@@H]1CCCCN1Cc1cccc(OC2CCN(C(=O)c3cccs3)CC2)c1. The molecule has 7 heteroatoms. The van der Waals surface area contributed by atoms with Crippen molar-refractivity contribution in [2.75, 3.05) is 26.2 Å². The van der Waals surface area contributed by atoms with Crippen molar-refractivity contribution < 1.29 is 19.1 Å². The van der Waals surface area contributed by atoms with Crippen LogP contribution < -0.4 is 4.74 Å². The topological polar surface area (TPSA) is 59.1 Å². The number of thiophene rings is 1. The van der Waals surface area contributed by atoms with E-state index < -0.39 is 0 Å². The maximum atomic E-state index is 12.5. The normalized spacial score (nSPS) is 20.2. The van der Waals surface area contributed by atoms with Crippen LogP contribution in [0.4, 0.5) is 0 Å². The molecule has 32 heavy (non-hydrogen) atoms. The van der Waals surface area contributed by atoms with Gasteiger partial charge in [0.15, 0.2) is 0 Å². The fourth-order valence-corrected chi connectivity index (χ4v) is 5.25. The highest BCUT2D eigenvalue weighted by molar-refractivity contribution is 7.12. The second-order valence-corrected chi connectivity index (χ2v) is 9.42. The summed E-state index contributed by atoms with van der Waals surface area (Å²) in [5.41, 5.74) is 1.14. The van der Waals surface area contributed by atoms with E-state index in [9.17, 15) is 9.59 Å². The first kappa shape index (κ1) is 22.8. The van der Waals surface area contributed by atoms with Crippen molar-refractivity contribution >= 4 is 23.2 Å². The van der Waals surface area contributed by atoms with E-state index in [1.54, 1.807) is 0 Å². The van der Waals surface area contributed by atoms with Gasteiger partial charge in [0.2, 0.25) is 0 Å². The van der Waals surface area contributed by atoms with Crippen LogP contribution in [0.15, 0.2) is 41.8 Å². The molecule has 2 aliphatic heterocycles. The molecule has 2 aliphatic rings. The van der Waals surface area contributed by atoms with Crippen LogP contribution in [-0.4, -0.2) is 60.1 Å². The maximum absolute atomic E-state index is 12.5. The first-order chi connectivity index (χ1) is 15.6. The van der Waals surface area contributed by atoms with E-state index in [-0.39, 0.29) is 24.0 Å². The molecular weight excluding hydrogens is 424 g/mol. The molecule has 1 aromatic carbocycles. The van der Waals surface area contributed by atoms with Crippen LogP contribution in [0.1, 0.15) is 54.3 Å². The van der Waals surface area contributed by atoms with Crippen molar-refractivity contribution in [3.05, 3.63) is 52.2 Å². The fraction of sp³-hybridized carbons (Fsp3) is 0.520. The summed E-state index contributed by atoms with van der Waals surface area (Å²) < 4.78 is 11.6. The summed E-state index contributed by atoms with van der Waals surface area (Å²) >= 11 is 1.49. The van der Waals surface area contributed by atoms with Gasteiger partial charge in [0.05, 0.1) is 11.5 Å². The Morgan fingerprint density at radius 2 is 1.91 bits per heavy atom. The number of hydrogen-bond acceptors (Lipinski definition) is 6. The molecule has 0 unspecified atom stereocenters. The quantitative estimate of drug-likeness (QED) is 0.580. The Morgan fingerprint density at radius 1 is 1.06 bits per heavy atom. The van der Waals surface area contributed by atoms with Crippen LogP contribution in [0.5, 0.6) is 5.75 Å². The van der Waals surface area contributed by atoms with Gasteiger partial charge in [-0.3, -0.25) is 14.5 Å². The molecule has 6 nitrogen and oxygen atoms in total. The molecule has 0 saturated carbocycles. The number of nitrogens with zero attached hydrogens (tertiary/aromatic N) is 2. The summed E-state index contributed by atoms with van der Waals surface area (Å²) in [6.45, 7) is 5.34. The molecule has 2 saturated heterocycles. The number of benzene rings is 1. The molecule has 172 valence electrons. The van der Waals surface area contributed by atoms with Gasteiger partial charge in [-0.25, -0.2) is 0 Å². The maximum Gasteiger partial charge on any atom is 0.323 e. The predicted octanol–water partition coefficient (Wildman–Crippen LogP) is 4.35. The number of carbonyl (C=O) groups is 2. The van der Waals surface area contributed by atoms with Gasteiger partial charge in [-0.15, -0.1) is 11.3 Å². The third kappa shape index (κ3) is 5.70. The van der Waals surface area contributed by atoms with Crippen LogP contribution in [0.2, 0.25) is 0 Å². The van der Waals surface area contributed by atoms with E-state index >= 15 is 0 Å². The molecule has 4 rings (SSSR count). The number of piperidine rings is 2. The molecule has 0 spiro atoms. The number of hydrogen-bond donors (Lipinski definition) is 0. The summed E-state index contributed by atoms with van der Waals surface area (Å²) in [5, 5.41) is 1.94. The number of amides is 1. The van der Waals surface area contributed by atoms with Crippen molar-refractivity contribution in [1.29, 1.82) is 0 Å². The Bertz CT molecular complexity index is 893. The molecule has 0 aliphatic carbocycles. The second kappa shape index (κ2) is 11.0. The highest BCUT2D eigenvalue weighted by atomic mass is 32.1. The average molecular weight is 457 g/mol. The van der Waals surface area contributed by atoms with Gasteiger partial charge in [-0.05, 0) is 55.5 Å². The Labute approximate surface area is 194 Å². The molecule has 3 heterocycles. The van der Waals surface area contributed by atoms with E-state index in [1.165, 1.54) is 11.3 Å². The molecule has 2 fully saturated rings. The molecule has 0 bridgehead atoms. The zero-order chi connectivity index (χ0) is 22.3. The van der Waals surface area contributed by atoms with Gasteiger partial charge in [0, 0.05) is 32.5 Å². The molecule has 1 aromatic heterocycles. The zero-order valence-electron chi connectivity index (χ0n) is 18.7. The minimum atomic E-state index is -0.154. The lowest BCUT2D eigenvalue weighted by molar-refractivity contribution is -0.151. The Hall–Kier alpha value is -2.38. The lowest BCUT2D eigenvalue weighted by Gasteiger charge is -2.34. The summed E-state index contributed by atoms with van der Waals surface area (Å²) in [4.78, 5) is 29.9. The minimum absolute atomic E-state index is 0.108. The average Bonchev–Trinajstić information content (AvgIpc) is 3.35. The first-order valence-corrected chi connectivity index (χ1v) is 12.5. The monoisotopic (exact) mass is 456 g/mol. The first-order valence-electron chi connectivity index (χ1n) is 11.6. The highest BCUT2D eigenvalue weighted by Crippen LogP contribution is 2.25. The van der Waals surface area contributed by atoms with Crippen LogP contribution >= 0.6 is 11.3 Å². The summed E-state index contributed by atoms with van der Waals surface area (Å²) in [6.07, 6.45) is 4.81. The Morgan fingerprint density at radius 3 is 2.66 bits per heavy atom. The third-order valence-corrected chi connectivity index (χ3v) is 7.08. The number of likely N-dealkylation sites (tertiary alicyclic amines) is 2. The number of carbonyl (C=O) groups excluding carboxylic acids is 2. The lowest BCUT2D eigenvalue weighted by atomic mass is 10.0. The van der Waals surface area contributed by atoms with Crippen LogP contribution in [0.3, 0.4) is 0 Å². The van der Waals surface area contributed by atoms with E-state index in [0.717, 1.165) is 67.9 Å². The molecule has 0 N–H and O–H groups in total. The third-order valence-electron chi connectivity index (χ3n) is 6.22. The molecular formula is C25H32N2O4S. The van der Waals surface area contributed by atoms with Crippen LogP contribution in [0, 0.1) is 0 Å². The standard InChI is InChI=1S/C25H32N2O4S/c1-2-30-25(29)22-9-3-4-13-27(22)18-19-7-5-8-21(17-19)31-20-11-14-26(15-12-20)24(28)23-10-6-16-32-23/h5-8,10,16-17,20,22H,2-4,9,11-15,18H2,1H3/t22-/m0/s1. The minimum Gasteiger partial charge on any atom is -0.490 e. The van der Waals surface area contributed by atoms with E-state index in [4.69, 9.17) is 9.47 Å². The van der Waals surface area contributed by atoms with Gasteiger partial charge < -0.3 is 14.4 Å². The van der Waals surface area contributed by atoms with Gasteiger partial charge >= 0.3 is 5.97 Å². The van der Waals surface area contributed by atoms with Gasteiger partial charge in [-0.2, -0.15) is 0 Å². The Balaban J connectivity index is 1.31. The van der Waals surface area contributed by atoms with Crippen LogP contribution in [-0.2, 0) is 16.1 Å². The summed E-state index contributed by atoms with van der Waals surface area (Å²) in [5.74, 6) is 0.872. The van der Waals surface area contributed by atoms with Gasteiger partial charge in [0.25, 0.3) is 5.91 Å². The highest BCUT2D eigenvalue weighted by Gasteiger charge is 2.30. The smallest absolute Gasteiger partial charge is 0.323 e. The van der Waals surface area contributed by atoms with E-state index in [2.05, 4.69) is 17.0 Å². The largest absolute Gasteiger partial charge is 0.490 e. The van der Waals surface area contributed by atoms with E-state index in [0.29, 0.717) is 13.2 Å². The second-order valence-electron chi connectivity index (χ2n) is 8.47. The zero-order valence-corrected chi connectivity index (χ0v) is 19.5. The van der Waals surface area contributed by atoms with Crippen molar-refractivity contribution in [3.63, 3.8) is 0 Å². The number of esters is 1. The summed E-state index contributed by atoms with van der Waals surface area (Å²) in [7, 11) is 0. The van der Waals surface area contributed by atoms with Crippen molar-refractivity contribution in [3.8, 4) is 5.75 Å². The molecule has 0 radical (unpaired) electrons. The van der Waals surface area contributed by atoms with Crippen molar-refractivity contribution in [1.82, 2.24) is 9.80 Å². The van der Waals surface area contributed by atoms with Crippen molar-refractivity contribution in [2.45, 2.75) is 57.7 Å². The predicted molar refractivity (Wildman–Crippen MR) is 125 cm³/mol. The fourth-order valence-electron chi connectivity index (χ4n) is 4.56. The van der Waals surface area contributed by atoms with Crippen LogP contribution in [0.25, 0.3) is 0 Å². The van der Waals surface area contributed by atoms with E-state index in [1.807, 2.05) is 41.5 Å². The molecule has 1 amide bonds. The Kier molecular flexibility index (Phi) is 7.81. The number of ether oxygens (including phenoxy) is 2. The lowest BCUT2D eigenvalue weighted by Crippen LogP contribution is -2.44. The number of rotatable bonds is 7. The molecule has 2 aromatic rings. The van der Waals surface area contributed by atoms with Gasteiger partial charge in [-0.1, -0.05) is 24.6 Å².